The molecule has 0 bridgehead atoms. The molecule has 0 saturated carbocycles. The van der Waals surface area contributed by atoms with Crippen molar-refractivity contribution < 1.29 is 22.4 Å². The molecule has 142 valence electrons. The molecule has 0 saturated heterocycles. The first-order valence-corrected chi connectivity index (χ1v) is 9.64. The van der Waals surface area contributed by atoms with Crippen LogP contribution in [0, 0.1) is 5.82 Å². The minimum Gasteiger partial charge on any atom is -0.322 e. The number of likely N-dealkylation sites (N-methyl/N-ethyl adjacent to an activating group) is 1. The highest BCUT2D eigenvalue weighted by molar-refractivity contribution is 7.89. The van der Waals surface area contributed by atoms with Crippen molar-refractivity contribution in [1.29, 1.82) is 0 Å². The largest absolute Gasteiger partial charge is 0.322 e. The fourth-order valence-corrected chi connectivity index (χ4v) is 4.02. The Morgan fingerprint density at radius 2 is 1.93 bits per heavy atom. The Bertz CT molecular complexity index is 1020. The van der Waals surface area contributed by atoms with Gasteiger partial charge in [0.05, 0.1) is 23.0 Å². The summed E-state index contributed by atoms with van der Waals surface area (Å²) >= 11 is 0. The van der Waals surface area contributed by atoms with Crippen molar-refractivity contribution in [3.05, 3.63) is 53.8 Å². The van der Waals surface area contributed by atoms with E-state index >= 15 is 0 Å². The predicted octanol–water partition coefficient (Wildman–Crippen LogP) is 1.65. The molecule has 1 aliphatic rings. The van der Waals surface area contributed by atoms with Crippen molar-refractivity contribution in [2.75, 3.05) is 17.3 Å². The van der Waals surface area contributed by atoms with E-state index in [1.807, 2.05) is 0 Å². The van der Waals surface area contributed by atoms with Gasteiger partial charge in [-0.2, -0.15) is 4.72 Å². The van der Waals surface area contributed by atoms with E-state index in [-0.39, 0.29) is 22.9 Å². The number of amides is 2. The van der Waals surface area contributed by atoms with Crippen LogP contribution in [0.1, 0.15) is 12.5 Å². The fraction of sp³-hybridized carbons (Fsp3) is 0.222. The molecule has 2 N–H and O–H groups in total. The van der Waals surface area contributed by atoms with E-state index in [9.17, 15) is 22.4 Å². The third kappa shape index (κ3) is 3.83. The Morgan fingerprint density at radius 3 is 2.63 bits per heavy atom. The number of nitrogens with one attached hydrogen (secondary N) is 2. The Balaban J connectivity index is 1.75. The summed E-state index contributed by atoms with van der Waals surface area (Å²) in [6.45, 7) is 1.36. The summed E-state index contributed by atoms with van der Waals surface area (Å²) in [5.74, 6) is -1.43. The summed E-state index contributed by atoms with van der Waals surface area (Å²) in [6.07, 6.45) is 0.124. The minimum absolute atomic E-state index is 0.0346. The van der Waals surface area contributed by atoms with Crippen molar-refractivity contribution in [2.24, 2.45) is 0 Å². The zero-order valence-electron chi connectivity index (χ0n) is 14.7. The number of sulfonamides is 1. The summed E-state index contributed by atoms with van der Waals surface area (Å²) in [6, 6.07) is 8.81. The predicted molar refractivity (Wildman–Crippen MR) is 98.4 cm³/mol. The molecular weight excluding hydrogens is 373 g/mol. The van der Waals surface area contributed by atoms with Gasteiger partial charge in [-0.1, -0.05) is 12.1 Å². The number of rotatable bonds is 5. The molecule has 3 rings (SSSR count). The highest BCUT2D eigenvalue weighted by Crippen LogP contribution is 2.29. The van der Waals surface area contributed by atoms with Crippen LogP contribution in [-0.4, -0.2) is 33.3 Å². The van der Waals surface area contributed by atoms with Crippen LogP contribution < -0.4 is 14.9 Å². The number of para-hydroxylation sites is 1. The van der Waals surface area contributed by atoms with Crippen molar-refractivity contribution in [3.8, 4) is 0 Å². The molecule has 1 atom stereocenters. The highest BCUT2D eigenvalue weighted by Gasteiger charge is 2.28. The number of nitrogens with zero attached hydrogens (tertiary/aromatic N) is 1. The van der Waals surface area contributed by atoms with Crippen LogP contribution in [0.4, 0.5) is 15.8 Å². The van der Waals surface area contributed by atoms with E-state index in [2.05, 4.69) is 10.0 Å². The molecule has 27 heavy (non-hydrogen) atoms. The first-order valence-electron chi connectivity index (χ1n) is 8.16. The molecule has 0 spiro atoms. The summed E-state index contributed by atoms with van der Waals surface area (Å²) in [5, 5.41) is 2.35. The average Bonchev–Trinajstić information content (AvgIpc) is 2.90. The number of carbonyl (C=O) groups excluding carboxylic acids is 2. The molecule has 1 aliphatic heterocycles. The quantitative estimate of drug-likeness (QED) is 0.810. The second kappa shape index (κ2) is 7.09. The molecule has 0 aromatic heterocycles. The number of fused-ring (bicyclic) bond motifs is 1. The molecule has 1 heterocycles. The van der Waals surface area contributed by atoms with Gasteiger partial charge in [0, 0.05) is 12.7 Å². The summed E-state index contributed by atoms with van der Waals surface area (Å²) in [5.41, 5.74) is 1.23. The molecule has 7 nitrogen and oxygen atoms in total. The number of hydrogen-bond donors (Lipinski definition) is 2. The third-order valence-corrected chi connectivity index (χ3v) is 5.83. The lowest BCUT2D eigenvalue weighted by Crippen LogP contribution is -2.41. The van der Waals surface area contributed by atoms with Gasteiger partial charge in [-0.25, -0.2) is 12.8 Å². The second-order valence-corrected chi connectivity index (χ2v) is 7.95. The summed E-state index contributed by atoms with van der Waals surface area (Å²) in [4.78, 5) is 25.3. The lowest BCUT2D eigenvalue weighted by molar-refractivity contribution is -0.118. The summed E-state index contributed by atoms with van der Waals surface area (Å²) in [7, 11) is -2.38. The van der Waals surface area contributed by atoms with Gasteiger partial charge in [0.15, 0.2) is 0 Å². The number of hydrogen-bond acceptors (Lipinski definition) is 4. The zero-order chi connectivity index (χ0) is 19.8. The average molecular weight is 391 g/mol. The van der Waals surface area contributed by atoms with E-state index in [1.54, 1.807) is 19.2 Å². The molecule has 2 aromatic rings. The highest BCUT2D eigenvalue weighted by atomic mass is 32.2. The van der Waals surface area contributed by atoms with E-state index in [0.717, 1.165) is 0 Å². The van der Waals surface area contributed by atoms with Crippen molar-refractivity contribution in [2.45, 2.75) is 24.3 Å². The van der Waals surface area contributed by atoms with Gasteiger partial charge >= 0.3 is 0 Å². The Kier molecular flexibility index (Phi) is 4.99. The molecule has 2 amide bonds. The monoisotopic (exact) mass is 391 g/mol. The topological polar surface area (TPSA) is 95.6 Å². The van der Waals surface area contributed by atoms with Crippen LogP contribution in [0.15, 0.2) is 47.4 Å². The van der Waals surface area contributed by atoms with Gasteiger partial charge in [0.1, 0.15) is 5.82 Å². The SMILES string of the molecule is CC(NS(=O)(=O)c1ccc2c(c1)CC(=O)N2C)C(=O)Nc1ccccc1F. The first kappa shape index (κ1) is 19.0. The maximum atomic E-state index is 13.6. The van der Waals surface area contributed by atoms with Crippen molar-refractivity contribution >= 4 is 33.2 Å². The second-order valence-electron chi connectivity index (χ2n) is 6.23. The van der Waals surface area contributed by atoms with Crippen molar-refractivity contribution in [3.63, 3.8) is 0 Å². The molecule has 1 unspecified atom stereocenters. The molecule has 0 fully saturated rings. The van der Waals surface area contributed by atoms with Crippen LogP contribution in [-0.2, 0) is 26.0 Å². The molecular formula is C18H18FN3O4S. The maximum absolute atomic E-state index is 13.6. The molecule has 9 heteroatoms. The zero-order valence-corrected chi connectivity index (χ0v) is 15.5. The lowest BCUT2D eigenvalue weighted by Gasteiger charge is -2.15. The van der Waals surface area contributed by atoms with E-state index < -0.39 is 27.8 Å². The smallest absolute Gasteiger partial charge is 0.242 e. The standard InChI is InChI=1S/C18H18FN3O4S/c1-11(18(24)20-15-6-4-3-5-14(15)19)21-27(25,26)13-7-8-16-12(9-13)10-17(23)22(16)2/h3-9,11,21H,10H2,1-2H3,(H,20,24). The van der Waals surface area contributed by atoms with Gasteiger partial charge < -0.3 is 10.2 Å². The number of carbonyl (C=O) groups is 2. The molecule has 0 aliphatic carbocycles. The Morgan fingerprint density at radius 1 is 1.22 bits per heavy atom. The first-order chi connectivity index (χ1) is 12.7. The van der Waals surface area contributed by atoms with Crippen molar-refractivity contribution in [1.82, 2.24) is 4.72 Å². The third-order valence-electron chi connectivity index (χ3n) is 4.30. The van der Waals surface area contributed by atoms with Crippen LogP contribution in [0.3, 0.4) is 0 Å². The number of benzene rings is 2. The van der Waals surface area contributed by atoms with Gasteiger partial charge in [-0.05, 0) is 42.8 Å². The van der Waals surface area contributed by atoms with Crippen LogP contribution in [0.5, 0.6) is 0 Å². The van der Waals surface area contributed by atoms with Crippen LogP contribution >= 0.6 is 0 Å². The number of anilines is 2. The van der Waals surface area contributed by atoms with E-state index in [4.69, 9.17) is 0 Å². The van der Waals surface area contributed by atoms with Gasteiger partial charge in [0.25, 0.3) is 0 Å². The fourth-order valence-electron chi connectivity index (χ4n) is 2.77. The van der Waals surface area contributed by atoms with Gasteiger partial charge in [-0.15, -0.1) is 0 Å². The van der Waals surface area contributed by atoms with Gasteiger partial charge in [-0.3, -0.25) is 9.59 Å². The van der Waals surface area contributed by atoms with Crippen LogP contribution in [0.25, 0.3) is 0 Å². The number of halogens is 1. The van der Waals surface area contributed by atoms with Gasteiger partial charge in [0.2, 0.25) is 21.8 Å². The summed E-state index contributed by atoms with van der Waals surface area (Å²) < 4.78 is 41.0. The van der Waals surface area contributed by atoms with E-state index in [0.29, 0.717) is 11.3 Å². The van der Waals surface area contributed by atoms with E-state index in [1.165, 1.54) is 42.2 Å². The Labute approximate surface area is 156 Å². The lowest BCUT2D eigenvalue weighted by atomic mass is 10.2. The Hall–Kier alpha value is -2.78. The maximum Gasteiger partial charge on any atom is 0.242 e. The molecule has 0 radical (unpaired) electrons. The molecule has 2 aromatic carbocycles. The minimum atomic E-state index is -4.00. The normalized spacial score (nSPS) is 14.8. The van der Waals surface area contributed by atoms with Crippen LogP contribution in [0.2, 0.25) is 0 Å².